The van der Waals surface area contributed by atoms with E-state index in [1.165, 1.54) is 4.90 Å². The van der Waals surface area contributed by atoms with E-state index in [1.54, 1.807) is 37.4 Å². The molecule has 180 valence electrons. The summed E-state index contributed by atoms with van der Waals surface area (Å²) < 4.78 is 11.2. The summed E-state index contributed by atoms with van der Waals surface area (Å²) in [6, 6.07) is 19.2. The molecule has 6 heteroatoms. The molecule has 4 rings (SSSR count). The molecular formula is C29H29NO5. The van der Waals surface area contributed by atoms with Gasteiger partial charge in [0.05, 0.1) is 25.3 Å². The Morgan fingerprint density at radius 3 is 2.23 bits per heavy atom. The molecule has 0 saturated carbocycles. The summed E-state index contributed by atoms with van der Waals surface area (Å²) in [7, 11) is 1.55. The molecule has 1 amide bonds. The number of carbonyl (C=O) groups excluding carboxylic acids is 2. The van der Waals surface area contributed by atoms with Gasteiger partial charge in [-0.15, -0.1) is 0 Å². The van der Waals surface area contributed by atoms with Crippen LogP contribution in [-0.4, -0.2) is 30.5 Å². The van der Waals surface area contributed by atoms with Gasteiger partial charge in [-0.2, -0.15) is 0 Å². The van der Waals surface area contributed by atoms with Crippen LogP contribution in [0.4, 0.5) is 5.69 Å². The average Bonchev–Trinajstić information content (AvgIpc) is 3.14. The molecule has 3 aromatic carbocycles. The minimum atomic E-state index is -0.839. The molecule has 6 nitrogen and oxygen atoms in total. The highest BCUT2D eigenvalue weighted by Crippen LogP contribution is 2.44. The molecule has 1 heterocycles. The van der Waals surface area contributed by atoms with E-state index >= 15 is 0 Å². The Labute approximate surface area is 205 Å². The van der Waals surface area contributed by atoms with Crippen LogP contribution in [0.25, 0.3) is 5.76 Å². The highest BCUT2D eigenvalue weighted by Gasteiger charge is 2.47. The second-order valence-corrected chi connectivity index (χ2v) is 8.40. The van der Waals surface area contributed by atoms with Crippen molar-refractivity contribution in [2.45, 2.75) is 33.2 Å². The van der Waals surface area contributed by atoms with Crippen molar-refractivity contribution >= 4 is 23.1 Å². The standard InChI is InChI=1S/C29H29NO5/c1-5-19-9-14-22(15-10-19)30-26(21-13-16-23(34-4)24(17-21)35-6-2)25(28(32)29(30)33)27(31)20-11-7-18(3)8-12-20/h7-17,26,31H,5-6H2,1-4H3/b27-25-. The van der Waals surface area contributed by atoms with E-state index in [2.05, 4.69) is 6.92 Å². The third-order valence-corrected chi connectivity index (χ3v) is 6.20. The van der Waals surface area contributed by atoms with E-state index in [-0.39, 0.29) is 11.3 Å². The zero-order chi connectivity index (χ0) is 25.1. The van der Waals surface area contributed by atoms with E-state index in [0.717, 1.165) is 17.5 Å². The Morgan fingerprint density at radius 1 is 0.943 bits per heavy atom. The van der Waals surface area contributed by atoms with Gasteiger partial charge in [-0.05, 0) is 55.7 Å². The summed E-state index contributed by atoms with van der Waals surface area (Å²) in [6.45, 7) is 6.28. The minimum Gasteiger partial charge on any atom is -0.507 e. The van der Waals surface area contributed by atoms with Crippen molar-refractivity contribution in [1.29, 1.82) is 0 Å². The molecule has 0 aliphatic carbocycles. The number of ketones is 1. The molecule has 1 saturated heterocycles. The number of aliphatic hydroxyl groups excluding tert-OH is 1. The van der Waals surface area contributed by atoms with Crippen molar-refractivity contribution in [3.63, 3.8) is 0 Å². The van der Waals surface area contributed by atoms with E-state index in [4.69, 9.17) is 9.47 Å². The van der Waals surface area contributed by atoms with Crippen LogP contribution in [0.1, 0.15) is 42.1 Å². The number of aryl methyl sites for hydroxylation is 2. The number of nitrogens with zero attached hydrogens (tertiary/aromatic N) is 1. The number of benzene rings is 3. The predicted molar refractivity (Wildman–Crippen MR) is 136 cm³/mol. The molecule has 0 bridgehead atoms. The van der Waals surface area contributed by atoms with Gasteiger partial charge in [0.15, 0.2) is 11.5 Å². The van der Waals surface area contributed by atoms with Crippen LogP contribution in [0.5, 0.6) is 11.5 Å². The lowest BCUT2D eigenvalue weighted by molar-refractivity contribution is -0.132. The van der Waals surface area contributed by atoms with Gasteiger partial charge < -0.3 is 14.6 Å². The first kappa shape index (κ1) is 24.1. The van der Waals surface area contributed by atoms with E-state index in [1.807, 2.05) is 50.2 Å². The molecule has 1 unspecified atom stereocenters. The number of hydrogen-bond donors (Lipinski definition) is 1. The summed E-state index contributed by atoms with van der Waals surface area (Å²) in [5.74, 6) is -0.606. The SMILES string of the molecule is CCOc1cc(C2/C(=C(/O)c3ccc(C)cc3)C(=O)C(=O)N2c2ccc(CC)cc2)ccc1OC. The second kappa shape index (κ2) is 10.1. The highest BCUT2D eigenvalue weighted by molar-refractivity contribution is 6.51. The molecule has 0 spiro atoms. The van der Waals surface area contributed by atoms with Crippen LogP contribution in [0.2, 0.25) is 0 Å². The van der Waals surface area contributed by atoms with Crippen molar-refractivity contribution in [2.75, 3.05) is 18.6 Å². The van der Waals surface area contributed by atoms with Crippen LogP contribution < -0.4 is 14.4 Å². The van der Waals surface area contributed by atoms with Crippen LogP contribution in [-0.2, 0) is 16.0 Å². The van der Waals surface area contributed by atoms with Gasteiger partial charge in [-0.25, -0.2) is 0 Å². The summed E-state index contributed by atoms with van der Waals surface area (Å²) in [5, 5.41) is 11.3. The lowest BCUT2D eigenvalue weighted by Gasteiger charge is -2.26. The Hall–Kier alpha value is -4.06. The second-order valence-electron chi connectivity index (χ2n) is 8.40. The van der Waals surface area contributed by atoms with E-state index < -0.39 is 17.7 Å². The van der Waals surface area contributed by atoms with Gasteiger partial charge in [0.1, 0.15) is 5.76 Å². The quantitative estimate of drug-likeness (QED) is 0.276. The average molecular weight is 472 g/mol. The van der Waals surface area contributed by atoms with Crippen molar-refractivity contribution < 1.29 is 24.2 Å². The molecule has 1 fully saturated rings. The number of carbonyl (C=O) groups is 2. The number of anilines is 1. The lowest BCUT2D eigenvalue weighted by Crippen LogP contribution is -2.29. The fourth-order valence-corrected chi connectivity index (χ4v) is 4.31. The summed E-state index contributed by atoms with van der Waals surface area (Å²) in [4.78, 5) is 28.1. The van der Waals surface area contributed by atoms with Gasteiger partial charge >= 0.3 is 0 Å². The van der Waals surface area contributed by atoms with Gasteiger partial charge in [-0.1, -0.05) is 55.0 Å². The van der Waals surface area contributed by atoms with Crippen molar-refractivity contribution in [1.82, 2.24) is 0 Å². The Balaban J connectivity index is 1.94. The van der Waals surface area contributed by atoms with Crippen molar-refractivity contribution in [3.8, 4) is 11.5 Å². The van der Waals surface area contributed by atoms with Crippen molar-refractivity contribution in [3.05, 3.63) is 94.6 Å². The molecule has 1 aliphatic heterocycles. The minimum absolute atomic E-state index is 0.0334. The maximum absolute atomic E-state index is 13.4. The van der Waals surface area contributed by atoms with E-state index in [0.29, 0.717) is 34.9 Å². The van der Waals surface area contributed by atoms with Gasteiger partial charge in [0.2, 0.25) is 0 Å². The number of ether oxygens (including phenoxy) is 2. The number of Topliss-reactive ketones (excluding diaryl/α,β-unsaturated/α-hetero) is 1. The first-order valence-electron chi connectivity index (χ1n) is 11.7. The number of aliphatic hydroxyl groups is 1. The van der Waals surface area contributed by atoms with Gasteiger partial charge in [0, 0.05) is 11.3 Å². The topological polar surface area (TPSA) is 76.1 Å². The van der Waals surface area contributed by atoms with E-state index in [9.17, 15) is 14.7 Å². The van der Waals surface area contributed by atoms with Crippen molar-refractivity contribution in [2.24, 2.45) is 0 Å². The molecule has 0 aromatic heterocycles. The maximum atomic E-state index is 13.4. The third kappa shape index (κ3) is 4.52. The van der Waals surface area contributed by atoms with Crippen LogP contribution in [0, 0.1) is 6.92 Å². The van der Waals surface area contributed by atoms with Crippen LogP contribution >= 0.6 is 0 Å². The summed E-state index contributed by atoms with van der Waals surface area (Å²) in [5.41, 5.74) is 3.84. The summed E-state index contributed by atoms with van der Waals surface area (Å²) in [6.07, 6.45) is 0.853. The molecule has 3 aromatic rings. The van der Waals surface area contributed by atoms with Crippen LogP contribution in [0.15, 0.2) is 72.3 Å². The smallest absolute Gasteiger partial charge is 0.300 e. The maximum Gasteiger partial charge on any atom is 0.300 e. The fourth-order valence-electron chi connectivity index (χ4n) is 4.31. The number of hydrogen-bond acceptors (Lipinski definition) is 5. The normalized spacial score (nSPS) is 17.0. The Bertz CT molecular complexity index is 1280. The zero-order valence-corrected chi connectivity index (χ0v) is 20.4. The third-order valence-electron chi connectivity index (χ3n) is 6.20. The number of methoxy groups -OCH3 is 1. The van der Waals surface area contributed by atoms with Gasteiger partial charge in [0.25, 0.3) is 11.7 Å². The monoisotopic (exact) mass is 471 g/mol. The molecule has 35 heavy (non-hydrogen) atoms. The van der Waals surface area contributed by atoms with Gasteiger partial charge in [-0.3, -0.25) is 14.5 Å². The number of rotatable bonds is 7. The largest absolute Gasteiger partial charge is 0.507 e. The molecular weight excluding hydrogens is 442 g/mol. The fraction of sp³-hybridized carbons (Fsp3) is 0.241. The molecule has 1 N–H and O–H groups in total. The summed E-state index contributed by atoms with van der Waals surface area (Å²) >= 11 is 0. The Kier molecular flexibility index (Phi) is 6.92. The lowest BCUT2D eigenvalue weighted by atomic mass is 9.94. The number of amides is 1. The molecule has 1 atom stereocenters. The molecule has 0 radical (unpaired) electrons. The highest BCUT2D eigenvalue weighted by atomic mass is 16.5. The first-order chi connectivity index (χ1) is 16.9. The van der Waals surface area contributed by atoms with Crippen LogP contribution in [0.3, 0.4) is 0 Å². The molecule has 1 aliphatic rings. The Morgan fingerprint density at radius 2 is 1.63 bits per heavy atom. The first-order valence-corrected chi connectivity index (χ1v) is 11.7. The predicted octanol–water partition coefficient (Wildman–Crippen LogP) is 5.59. The zero-order valence-electron chi connectivity index (χ0n) is 20.4.